The molecular weight excluding hydrogens is 404 g/mol. The molecule has 0 aromatic heterocycles. The van der Waals surface area contributed by atoms with Crippen molar-refractivity contribution in [1.82, 2.24) is 0 Å². The Morgan fingerprint density at radius 1 is 1.08 bits per heavy atom. The van der Waals surface area contributed by atoms with Crippen LogP contribution in [0.2, 0.25) is 0 Å². The number of hydrogen-bond acceptors (Lipinski definition) is 14. The molecule has 1 aliphatic rings. The Labute approximate surface area is 142 Å². The van der Waals surface area contributed by atoms with Gasteiger partial charge in [0.05, 0.1) is 12.7 Å². The minimum absolute atomic E-state index is 0. The lowest BCUT2D eigenvalue weighted by Gasteiger charge is -2.41. The van der Waals surface area contributed by atoms with Gasteiger partial charge < -0.3 is 24.6 Å². The van der Waals surface area contributed by atoms with Gasteiger partial charge >= 0.3 is 0 Å². The van der Waals surface area contributed by atoms with E-state index in [9.17, 15) is 31.2 Å². The number of hydrogen-bond donors (Lipinski definition) is 0. The van der Waals surface area contributed by atoms with Crippen molar-refractivity contribution in [2.75, 3.05) is 6.61 Å². The third-order valence-electron chi connectivity index (χ3n) is 2.55. The molecule has 4 atom stereocenters. The molecule has 0 amide bonds. The van der Waals surface area contributed by atoms with Gasteiger partial charge in [-0.25, -0.2) is 21.7 Å². The van der Waals surface area contributed by atoms with Crippen LogP contribution >= 0.6 is 0 Å². The van der Waals surface area contributed by atoms with Crippen molar-refractivity contribution in [3.8, 4) is 0 Å². The quantitative estimate of drug-likeness (QED) is 0.166. The molecule has 1 fully saturated rings. The normalized spacial score (nSPS) is 27.5. The van der Waals surface area contributed by atoms with Crippen LogP contribution in [0.5, 0.6) is 0 Å². The summed E-state index contributed by atoms with van der Waals surface area (Å²) in [4.78, 5) is 4.20. The molecule has 14 nitrogen and oxygen atoms in total. The SMILES string of the molecule is CCC1OCC(OS(=O)(=O)[O-])[C@H](OS(=O)(=O)[O-])[C@@H]1OO[O-].O.O=S. The highest BCUT2D eigenvalue weighted by atomic mass is 32.3. The van der Waals surface area contributed by atoms with Gasteiger partial charge in [-0.05, 0) is 6.42 Å². The van der Waals surface area contributed by atoms with E-state index in [4.69, 9.17) is 8.95 Å². The van der Waals surface area contributed by atoms with Crippen molar-refractivity contribution in [1.29, 1.82) is 0 Å². The summed E-state index contributed by atoms with van der Waals surface area (Å²) < 4.78 is 84.8. The van der Waals surface area contributed by atoms with Gasteiger partial charge in [-0.2, -0.15) is 4.21 Å². The van der Waals surface area contributed by atoms with Gasteiger partial charge in [0, 0.05) is 0 Å². The lowest BCUT2D eigenvalue weighted by atomic mass is 9.98. The van der Waals surface area contributed by atoms with Crippen molar-refractivity contribution in [3.05, 3.63) is 0 Å². The van der Waals surface area contributed by atoms with Crippen molar-refractivity contribution >= 4 is 33.3 Å². The maximum atomic E-state index is 10.7. The second-order valence-corrected chi connectivity index (χ2v) is 5.94. The molecule has 1 heterocycles. The van der Waals surface area contributed by atoms with Crippen LogP contribution in [0.4, 0.5) is 0 Å². The molecule has 2 N–H and O–H groups in total. The first-order chi connectivity index (χ1) is 10.6. The third-order valence-corrected chi connectivity index (χ3v) is 3.50. The lowest BCUT2D eigenvalue weighted by molar-refractivity contribution is -0.807. The summed E-state index contributed by atoms with van der Waals surface area (Å²) in [5.74, 6) is 0. The first-order valence-corrected chi connectivity index (χ1v) is 8.59. The second-order valence-electron chi connectivity index (χ2n) is 3.92. The Morgan fingerprint density at radius 2 is 1.58 bits per heavy atom. The molecule has 146 valence electrons. The molecule has 0 saturated carbocycles. The van der Waals surface area contributed by atoms with Crippen LogP contribution in [0, 0.1) is 0 Å². The van der Waals surface area contributed by atoms with Crippen LogP contribution in [0.1, 0.15) is 13.3 Å². The standard InChI is InChI=1S/C7H14O12S2.OS.H2O/c1-2-4-6(16-19-8)7(18-21(12,13)14)5(3-15-4)17-20(9,10)11;1-2;/h4-8H,2-3H2,1H3,(H,9,10,11)(H,12,13,14);;1H2/p-3/t4?,5?,6-,7+;;/m1../s1. The molecule has 0 aromatic rings. The number of ether oxygens (including phenoxy) is 1. The first kappa shape index (κ1) is 25.8. The van der Waals surface area contributed by atoms with Gasteiger partial charge in [0.2, 0.25) is 20.8 Å². The average molecular weight is 417 g/mol. The molecule has 0 aromatic carbocycles. The van der Waals surface area contributed by atoms with E-state index < -0.39 is 51.8 Å². The molecule has 17 heteroatoms. The number of rotatable bonds is 7. The molecular formula is C7H13O14S3-3. The van der Waals surface area contributed by atoms with Gasteiger partial charge in [-0.15, -0.1) is 0 Å². The first-order valence-electron chi connectivity index (χ1n) is 5.59. The molecule has 0 bridgehead atoms. The monoisotopic (exact) mass is 417 g/mol. The minimum Gasteiger partial charge on any atom is -0.726 e. The van der Waals surface area contributed by atoms with Crippen molar-refractivity contribution < 1.29 is 63.9 Å². The Balaban J connectivity index is 0. The summed E-state index contributed by atoms with van der Waals surface area (Å²) in [6.45, 7) is 0.971. The van der Waals surface area contributed by atoms with Crippen LogP contribution < -0.4 is 5.26 Å². The highest BCUT2D eigenvalue weighted by Crippen LogP contribution is 2.27. The zero-order chi connectivity index (χ0) is 18.3. The second kappa shape index (κ2) is 11.2. The van der Waals surface area contributed by atoms with Crippen molar-refractivity contribution in [2.45, 2.75) is 37.8 Å². The van der Waals surface area contributed by atoms with E-state index in [-0.39, 0.29) is 11.9 Å². The summed E-state index contributed by atoms with van der Waals surface area (Å²) in [7, 11) is -10.6. The summed E-state index contributed by atoms with van der Waals surface area (Å²) in [6, 6.07) is 0. The van der Waals surface area contributed by atoms with Gasteiger partial charge in [-0.1, -0.05) is 6.92 Å². The summed E-state index contributed by atoms with van der Waals surface area (Å²) in [5, 5.41) is 13.2. The van der Waals surface area contributed by atoms with E-state index in [1.165, 1.54) is 0 Å². The molecule has 1 aliphatic heterocycles. The molecule has 1 rings (SSSR count). The molecule has 24 heavy (non-hydrogen) atoms. The minimum atomic E-state index is -5.32. The fourth-order valence-corrected chi connectivity index (χ4v) is 2.80. The lowest BCUT2D eigenvalue weighted by Crippen LogP contribution is -2.57. The van der Waals surface area contributed by atoms with E-state index in [2.05, 4.69) is 30.8 Å². The van der Waals surface area contributed by atoms with Crippen LogP contribution in [-0.4, -0.2) is 66.6 Å². The van der Waals surface area contributed by atoms with E-state index in [0.717, 1.165) is 0 Å². The van der Waals surface area contributed by atoms with E-state index in [0.29, 0.717) is 0 Å². The maximum Gasteiger partial charge on any atom is 0.218 e. The maximum absolute atomic E-state index is 10.7. The van der Waals surface area contributed by atoms with Crippen molar-refractivity contribution in [3.63, 3.8) is 0 Å². The molecule has 0 spiro atoms. The van der Waals surface area contributed by atoms with Crippen LogP contribution in [0.25, 0.3) is 0 Å². The predicted octanol–water partition coefficient (Wildman–Crippen LogP) is -4.08. The van der Waals surface area contributed by atoms with Crippen LogP contribution in [-0.2, 0) is 56.4 Å². The average Bonchev–Trinajstić information content (AvgIpc) is 2.42. The third kappa shape index (κ3) is 9.15. The van der Waals surface area contributed by atoms with E-state index >= 15 is 0 Å². The Morgan fingerprint density at radius 3 is 1.96 bits per heavy atom. The van der Waals surface area contributed by atoms with Gasteiger partial charge in [0.25, 0.3) is 0 Å². The Bertz CT molecular complexity index is 545. The predicted molar refractivity (Wildman–Crippen MR) is 66.9 cm³/mol. The highest BCUT2D eigenvalue weighted by molar-refractivity contribution is 7.81. The summed E-state index contributed by atoms with van der Waals surface area (Å²) >= 11 is 2.83. The fourth-order valence-electron chi connectivity index (χ4n) is 1.83. The van der Waals surface area contributed by atoms with Crippen LogP contribution in [0.3, 0.4) is 0 Å². The van der Waals surface area contributed by atoms with E-state index in [1.54, 1.807) is 6.92 Å². The Hall–Kier alpha value is -0.440. The molecule has 0 aliphatic carbocycles. The fraction of sp³-hybridized carbons (Fsp3) is 1.00. The topological polar surface area (TPSA) is 232 Å². The van der Waals surface area contributed by atoms with Crippen LogP contribution in [0.15, 0.2) is 0 Å². The molecule has 0 radical (unpaired) electrons. The Kier molecular flexibility index (Phi) is 12.1. The zero-order valence-electron chi connectivity index (χ0n) is 11.8. The molecule has 2 unspecified atom stereocenters. The van der Waals surface area contributed by atoms with Gasteiger partial charge in [-0.3, -0.25) is 13.4 Å². The van der Waals surface area contributed by atoms with Gasteiger partial charge in [0.15, 0.2) is 12.5 Å². The van der Waals surface area contributed by atoms with Gasteiger partial charge in [0.1, 0.15) is 18.3 Å². The largest absolute Gasteiger partial charge is 0.726 e. The van der Waals surface area contributed by atoms with Crippen molar-refractivity contribution in [2.24, 2.45) is 0 Å². The van der Waals surface area contributed by atoms with E-state index in [1.807, 2.05) is 0 Å². The summed E-state index contributed by atoms with van der Waals surface area (Å²) in [6.07, 6.45) is -6.11. The smallest absolute Gasteiger partial charge is 0.218 e. The summed E-state index contributed by atoms with van der Waals surface area (Å²) in [5.41, 5.74) is 0. The highest BCUT2D eigenvalue weighted by Gasteiger charge is 2.45. The zero-order valence-corrected chi connectivity index (χ0v) is 14.2. The molecule has 1 saturated heterocycles.